The third-order valence-corrected chi connectivity index (χ3v) is 4.73. The first-order valence-electron chi connectivity index (χ1n) is 10.4. The van der Waals surface area contributed by atoms with E-state index in [4.69, 9.17) is 15.2 Å². The van der Waals surface area contributed by atoms with E-state index in [1.54, 1.807) is 38.1 Å². The fraction of sp³-hybridized carbons (Fsp3) is 0.261. The fourth-order valence-electron chi connectivity index (χ4n) is 3.26. The molecule has 0 fully saturated rings. The van der Waals surface area contributed by atoms with E-state index in [1.807, 2.05) is 6.07 Å². The van der Waals surface area contributed by atoms with Crippen LogP contribution >= 0.6 is 0 Å². The number of nitrogens with one attached hydrogen (secondary N) is 1. The lowest BCUT2D eigenvalue weighted by Gasteiger charge is -2.20. The third kappa shape index (κ3) is 5.53. The predicted octanol–water partition coefficient (Wildman–Crippen LogP) is 2.10. The van der Waals surface area contributed by atoms with Gasteiger partial charge in [-0.3, -0.25) is 14.6 Å². The monoisotopic (exact) mass is 452 g/mol. The van der Waals surface area contributed by atoms with Gasteiger partial charge in [0.2, 0.25) is 5.91 Å². The molecule has 0 aliphatic carbocycles. The SMILES string of the molecule is CCOC(=O)c1cc(NC(=O)C2=NN(c3ccccc3)C(C(N)=O)C2)cc(C(=O)OCC)c1. The molecule has 1 heterocycles. The largest absolute Gasteiger partial charge is 0.462 e. The summed E-state index contributed by atoms with van der Waals surface area (Å²) in [4.78, 5) is 49.3. The maximum Gasteiger partial charge on any atom is 0.338 e. The number of amides is 2. The van der Waals surface area contributed by atoms with Crippen LogP contribution in [0.5, 0.6) is 0 Å². The van der Waals surface area contributed by atoms with Gasteiger partial charge in [0.15, 0.2) is 0 Å². The summed E-state index contributed by atoms with van der Waals surface area (Å²) in [5.41, 5.74) is 6.52. The molecule has 3 N–H and O–H groups in total. The summed E-state index contributed by atoms with van der Waals surface area (Å²) in [6.45, 7) is 3.60. The molecule has 0 aromatic heterocycles. The normalized spacial score (nSPS) is 14.9. The van der Waals surface area contributed by atoms with Gasteiger partial charge < -0.3 is 20.5 Å². The molecule has 10 nitrogen and oxygen atoms in total. The van der Waals surface area contributed by atoms with E-state index >= 15 is 0 Å². The van der Waals surface area contributed by atoms with Crippen LogP contribution < -0.4 is 16.1 Å². The van der Waals surface area contributed by atoms with Crippen LogP contribution in [-0.2, 0) is 19.1 Å². The molecule has 172 valence electrons. The zero-order chi connectivity index (χ0) is 24.0. The summed E-state index contributed by atoms with van der Waals surface area (Å²) in [6, 6.07) is 12.1. The van der Waals surface area contributed by atoms with Crippen LogP contribution in [0.15, 0.2) is 53.6 Å². The smallest absolute Gasteiger partial charge is 0.338 e. The van der Waals surface area contributed by atoms with Crippen molar-refractivity contribution in [3.8, 4) is 0 Å². The Morgan fingerprint density at radius 2 is 1.58 bits per heavy atom. The lowest BCUT2D eigenvalue weighted by atomic mass is 10.1. The van der Waals surface area contributed by atoms with Crippen LogP contribution in [0.1, 0.15) is 41.0 Å². The predicted molar refractivity (Wildman–Crippen MR) is 121 cm³/mol. The number of hydrogen-bond donors (Lipinski definition) is 2. The number of carbonyl (C=O) groups excluding carboxylic acids is 4. The highest BCUT2D eigenvalue weighted by molar-refractivity contribution is 6.44. The molecule has 3 rings (SSSR count). The van der Waals surface area contributed by atoms with E-state index in [9.17, 15) is 19.2 Å². The van der Waals surface area contributed by atoms with Crippen molar-refractivity contribution in [1.82, 2.24) is 0 Å². The van der Waals surface area contributed by atoms with Gasteiger partial charge in [-0.05, 0) is 44.2 Å². The Morgan fingerprint density at radius 1 is 1.00 bits per heavy atom. The summed E-state index contributed by atoms with van der Waals surface area (Å²) in [5.74, 6) is -2.53. The quantitative estimate of drug-likeness (QED) is 0.584. The zero-order valence-corrected chi connectivity index (χ0v) is 18.2. The summed E-state index contributed by atoms with van der Waals surface area (Å²) in [7, 11) is 0. The highest BCUT2D eigenvalue weighted by Gasteiger charge is 2.35. The first-order valence-corrected chi connectivity index (χ1v) is 10.4. The molecule has 2 amide bonds. The number of carbonyl (C=O) groups is 4. The van der Waals surface area contributed by atoms with Crippen LogP contribution in [0, 0.1) is 0 Å². The van der Waals surface area contributed by atoms with Crippen LogP contribution in [-0.4, -0.2) is 48.7 Å². The molecule has 1 unspecified atom stereocenters. The maximum absolute atomic E-state index is 12.9. The van der Waals surface area contributed by atoms with E-state index in [-0.39, 0.29) is 42.2 Å². The van der Waals surface area contributed by atoms with Crippen molar-refractivity contribution in [1.29, 1.82) is 0 Å². The number of anilines is 2. The molecule has 2 aromatic carbocycles. The van der Waals surface area contributed by atoms with Crippen molar-refractivity contribution in [2.75, 3.05) is 23.5 Å². The molecule has 2 aromatic rings. The van der Waals surface area contributed by atoms with Gasteiger partial charge in [0.25, 0.3) is 5.91 Å². The Morgan fingerprint density at radius 3 is 2.09 bits per heavy atom. The van der Waals surface area contributed by atoms with E-state index in [0.29, 0.717) is 5.69 Å². The summed E-state index contributed by atoms with van der Waals surface area (Å²) >= 11 is 0. The molecule has 10 heteroatoms. The number of hydrazone groups is 1. The number of para-hydroxylation sites is 1. The van der Waals surface area contributed by atoms with Gasteiger partial charge >= 0.3 is 11.9 Å². The van der Waals surface area contributed by atoms with E-state index in [1.165, 1.54) is 23.2 Å². The van der Waals surface area contributed by atoms with Crippen molar-refractivity contribution >= 4 is 40.8 Å². The average molecular weight is 452 g/mol. The topological polar surface area (TPSA) is 140 Å². The van der Waals surface area contributed by atoms with Crippen molar-refractivity contribution in [2.45, 2.75) is 26.3 Å². The second kappa shape index (κ2) is 10.4. The summed E-state index contributed by atoms with van der Waals surface area (Å²) in [6.07, 6.45) is -0.00163. The Hall–Kier alpha value is -4.21. The molecule has 1 aliphatic rings. The Bertz CT molecular complexity index is 1060. The van der Waals surface area contributed by atoms with Gasteiger partial charge in [0.05, 0.1) is 30.0 Å². The first kappa shape index (κ1) is 23.5. The lowest BCUT2D eigenvalue weighted by molar-refractivity contribution is -0.119. The summed E-state index contributed by atoms with van der Waals surface area (Å²) in [5, 5.41) is 8.31. The molecular weight excluding hydrogens is 428 g/mol. The number of benzene rings is 2. The Labute approximate surface area is 190 Å². The van der Waals surface area contributed by atoms with Gasteiger partial charge in [-0.2, -0.15) is 5.10 Å². The van der Waals surface area contributed by atoms with Crippen LogP contribution in [0.2, 0.25) is 0 Å². The molecule has 0 saturated carbocycles. The second-order valence-corrected chi connectivity index (χ2v) is 7.04. The number of nitrogens with two attached hydrogens (primary N) is 1. The molecule has 0 radical (unpaired) electrons. The third-order valence-electron chi connectivity index (χ3n) is 4.73. The van der Waals surface area contributed by atoms with Gasteiger partial charge in [0.1, 0.15) is 11.8 Å². The van der Waals surface area contributed by atoms with Crippen molar-refractivity contribution in [2.24, 2.45) is 10.8 Å². The molecule has 1 aliphatic heterocycles. The standard InChI is InChI=1S/C23H24N4O6/c1-3-32-22(30)14-10-15(23(31)33-4-2)12-16(11-14)25-21(29)18-13-19(20(24)28)27(26-18)17-8-6-5-7-9-17/h5-12,19H,3-4,13H2,1-2H3,(H2,24,28)(H,25,29). The van der Waals surface area contributed by atoms with E-state index in [0.717, 1.165) is 0 Å². The number of ether oxygens (including phenoxy) is 2. The van der Waals surface area contributed by atoms with Crippen molar-refractivity contribution in [3.05, 3.63) is 59.7 Å². The van der Waals surface area contributed by atoms with Crippen LogP contribution in [0.3, 0.4) is 0 Å². The fourth-order valence-corrected chi connectivity index (χ4v) is 3.26. The van der Waals surface area contributed by atoms with Gasteiger partial charge in [-0.1, -0.05) is 18.2 Å². The molecule has 33 heavy (non-hydrogen) atoms. The number of hydrogen-bond acceptors (Lipinski definition) is 8. The zero-order valence-electron chi connectivity index (χ0n) is 18.2. The average Bonchev–Trinajstić information content (AvgIpc) is 3.26. The minimum atomic E-state index is -0.825. The number of esters is 2. The molecule has 0 bridgehead atoms. The van der Waals surface area contributed by atoms with Crippen LogP contribution in [0.25, 0.3) is 0 Å². The maximum atomic E-state index is 12.9. The molecule has 0 spiro atoms. The van der Waals surface area contributed by atoms with Gasteiger partial charge in [-0.15, -0.1) is 0 Å². The highest BCUT2D eigenvalue weighted by Crippen LogP contribution is 2.25. The molecular formula is C23H24N4O6. The summed E-state index contributed by atoms with van der Waals surface area (Å²) < 4.78 is 10.0. The first-order chi connectivity index (χ1) is 15.8. The van der Waals surface area contributed by atoms with E-state index < -0.39 is 29.8 Å². The Balaban J connectivity index is 1.88. The highest BCUT2D eigenvalue weighted by atomic mass is 16.5. The van der Waals surface area contributed by atoms with Crippen LogP contribution in [0.4, 0.5) is 11.4 Å². The van der Waals surface area contributed by atoms with Crippen molar-refractivity contribution < 1.29 is 28.7 Å². The number of rotatable bonds is 8. The Kier molecular flexibility index (Phi) is 7.39. The van der Waals surface area contributed by atoms with E-state index in [2.05, 4.69) is 10.4 Å². The second-order valence-electron chi connectivity index (χ2n) is 7.04. The number of nitrogens with zero attached hydrogens (tertiary/aromatic N) is 2. The molecule has 1 atom stereocenters. The lowest BCUT2D eigenvalue weighted by Crippen LogP contribution is -2.39. The van der Waals surface area contributed by atoms with Gasteiger partial charge in [0, 0.05) is 12.1 Å². The van der Waals surface area contributed by atoms with Crippen molar-refractivity contribution in [3.63, 3.8) is 0 Å². The van der Waals surface area contributed by atoms with Gasteiger partial charge in [-0.25, -0.2) is 9.59 Å². The number of primary amides is 1. The minimum Gasteiger partial charge on any atom is -0.462 e. The molecule has 0 saturated heterocycles. The minimum absolute atomic E-state index is 0.00163.